The van der Waals surface area contributed by atoms with Crippen molar-refractivity contribution >= 4 is 43.8 Å². The minimum absolute atomic E-state index is 0.0479. The summed E-state index contributed by atoms with van der Waals surface area (Å²) in [7, 11) is 0. The molecule has 0 saturated carbocycles. The molecule has 0 aliphatic rings. The predicted octanol–water partition coefficient (Wildman–Crippen LogP) is 9.71. The standard InChI is InChI=1S/C44H33N5O/c1-44(2,3)32-11-9-13-34(24-32)48-28-47(39-16-6-7-17-40(39)48)33-12-8-10-29(21-33)20-30-18-19-37-36-14-4-5-15-38(36)49(41(37)22-30)43-25-42-31(27-46-43)23-35(26-45)50-42/h4-19,21-25,27H,20H2,1-3H3. The van der Waals surface area contributed by atoms with Crippen molar-refractivity contribution in [1.29, 1.82) is 5.26 Å². The molecule has 0 saturated heterocycles. The third kappa shape index (κ3) is 4.94. The molecule has 0 radical (unpaired) electrons. The van der Waals surface area contributed by atoms with E-state index in [1.54, 1.807) is 12.3 Å². The summed E-state index contributed by atoms with van der Waals surface area (Å²) in [4.78, 5) is 4.81. The average molecular weight is 648 g/mol. The van der Waals surface area contributed by atoms with Crippen LogP contribution in [0.2, 0.25) is 0 Å². The zero-order valence-electron chi connectivity index (χ0n) is 28.1. The van der Waals surface area contributed by atoms with E-state index in [9.17, 15) is 5.26 Å². The molecule has 0 bridgehead atoms. The van der Waals surface area contributed by atoms with E-state index in [2.05, 4.69) is 162 Å². The lowest BCUT2D eigenvalue weighted by Crippen LogP contribution is -2.30. The molecule has 0 aliphatic heterocycles. The van der Waals surface area contributed by atoms with E-state index >= 15 is 0 Å². The van der Waals surface area contributed by atoms with Gasteiger partial charge in [-0.3, -0.25) is 13.7 Å². The number of benzene rings is 5. The van der Waals surface area contributed by atoms with Gasteiger partial charge in [-0.05, 0) is 64.9 Å². The molecule has 0 atom stereocenters. The van der Waals surface area contributed by atoms with Gasteiger partial charge in [0.2, 0.25) is 5.76 Å². The number of furan rings is 1. The number of para-hydroxylation sites is 3. The molecule has 0 fully saturated rings. The Kier molecular flexibility index (Phi) is 6.72. The largest absolute Gasteiger partial charge is 0.445 e. The van der Waals surface area contributed by atoms with Crippen LogP contribution < -0.4 is 4.57 Å². The Bertz CT molecular complexity index is 2800. The monoisotopic (exact) mass is 647 g/mol. The fourth-order valence-electron chi connectivity index (χ4n) is 7.07. The third-order valence-electron chi connectivity index (χ3n) is 9.58. The Morgan fingerprint density at radius 3 is 2.40 bits per heavy atom. The first-order valence-corrected chi connectivity index (χ1v) is 16.8. The van der Waals surface area contributed by atoms with Crippen LogP contribution in [0.4, 0.5) is 0 Å². The van der Waals surface area contributed by atoms with Crippen molar-refractivity contribution in [3.05, 3.63) is 162 Å². The molecular weight excluding hydrogens is 615 g/mol. The highest BCUT2D eigenvalue weighted by Gasteiger charge is 2.18. The Morgan fingerprint density at radius 2 is 1.54 bits per heavy atom. The van der Waals surface area contributed by atoms with Gasteiger partial charge in [0.15, 0.2) is 0 Å². The third-order valence-corrected chi connectivity index (χ3v) is 9.58. The lowest BCUT2D eigenvalue weighted by atomic mass is 9.87. The molecule has 4 aromatic heterocycles. The SMILES string of the molecule is CC(C)(C)c1cccc(-[n+]2[c-]n(-c3cccc(Cc4ccc5c6ccccc6n(-c6cc7oc(C#N)cc7cn6)c5c4)c3)c3ccccc32)c1. The maximum atomic E-state index is 9.36. The number of hydrogen-bond acceptors (Lipinski definition) is 3. The van der Waals surface area contributed by atoms with E-state index in [1.807, 2.05) is 6.07 Å². The van der Waals surface area contributed by atoms with E-state index in [1.165, 1.54) is 16.7 Å². The van der Waals surface area contributed by atoms with E-state index in [4.69, 9.17) is 9.40 Å². The van der Waals surface area contributed by atoms with Crippen LogP contribution in [0, 0.1) is 17.7 Å². The van der Waals surface area contributed by atoms with Crippen molar-refractivity contribution < 1.29 is 8.98 Å². The number of imidazole rings is 1. The number of nitriles is 1. The molecule has 0 amide bonds. The zero-order chi connectivity index (χ0) is 34.0. The summed E-state index contributed by atoms with van der Waals surface area (Å²) in [6.45, 7) is 6.74. The highest BCUT2D eigenvalue weighted by Crippen LogP contribution is 2.34. The molecule has 4 heterocycles. The van der Waals surface area contributed by atoms with E-state index in [-0.39, 0.29) is 11.2 Å². The van der Waals surface area contributed by atoms with Crippen molar-refractivity contribution in [2.24, 2.45) is 0 Å². The van der Waals surface area contributed by atoms with Crippen LogP contribution in [0.1, 0.15) is 43.2 Å². The maximum absolute atomic E-state index is 9.36. The maximum Gasteiger partial charge on any atom is 0.269 e. The van der Waals surface area contributed by atoms with E-state index in [0.29, 0.717) is 5.58 Å². The fraction of sp³-hybridized carbons (Fsp3) is 0.114. The van der Waals surface area contributed by atoms with Crippen LogP contribution in [0.15, 0.2) is 138 Å². The average Bonchev–Trinajstić information content (AvgIpc) is 3.83. The number of fused-ring (bicyclic) bond motifs is 5. The van der Waals surface area contributed by atoms with Crippen LogP contribution in [-0.4, -0.2) is 14.1 Å². The Hall–Kier alpha value is -6.45. The van der Waals surface area contributed by atoms with Gasteiger partial charge in [0, 0.05) is 34.5 Å². The number of nitrogens with zero attached hydrogens (tertiary/aromatic N) is 5. The lowest BCUT2D eigenvalue weighted by molar-refractivity contribution is -0.572. The second kappa shape index (κ2) is 11.3. The molecule has 50 heavy (non-hydrogen) atoms. The Balaban J connectivity index is 1.12. The first kappa shape index (κ1) is 29.7. The van der Waals surface area contributed by atoms with Gasteiger partial charge in [0.25, 0.3) is 6.33 Å². The zero-order valence-corrected chi connectivity index (χ0v) is 28.1. The minimum Gasteiger partial charge on any atom is -0.445 e. The van der Waals surface area contributed by atoms with Gasteiger partial charge >= 0.3 is 0 Å². The van der Waals surface area contributed by atoms with Crippen LogP contribution in [0.25, 0.3) is 61.0 Å². The normalized spacial score (nSPS) is 12.0. The van der Waals surface area contributed by atoms with Gasteiger partial charge in [0.1, 0.15) is 17.5 Å². The van der Waals surface area contributed by atoms with Crippen molar-refractivity contribution in [1.82, 2.24) is 14.1 Å². The quantitative estimate of drug-likeness (QED) is 0.138. The van der Waals surface area contributed by atoms with Crippen LogP contribution in [0.3, 0.4) is 0 Å². The van der Waals surface area contributed by atoms with Crippen LogP contribution in [-0.2, 0) is 11.8 Å². The molecule has 5 aromatic carbocycles. The first-order valence-electron chi connectivity index (χ1n) is 16.8. The van der Waals surface area contributed by atoms with Crippen molar-refractivity contribution in [2.75, 3.05) is 0 Å². The van der Waals surface area contributed by atoms with Gasteiger partial charge in [-0.15, -0.1) is 0 Å². The van der Waals surface area contributed by atoms with Gasteiger partial charge < -0.3 is 4.42 Å². The lowest BCUT2D eigenvalue weighted by Gasteiger charge is -2.20. The minimum atomic E-state index is 0.0479. The summed E-state index contributed by atoms with van der Waals surface area (Å²) in [6, 6.07) is 46.8. The van der Waals surface area contributed by atoms with Crippen molar-refractivity contribution in [2.45, 2.75) is 32.6 Å². The summed E-state index contributed by atoms with van der Waals surface area (Å²) >= 11 is 0. The molecule has 6 nitrogen and oxygen atoms in total. The molecule has 0 N–H and O–H groups in total. The molecule has 240 valence electrons. The Labute approximate surface area is 289 Å². The van der Waals surface area contributed by atoms with Crippen LogP contribution >= 0.6 is 0 Å². The van der Waals surface area contributed by atoms with Gasteiger partial charge in [0.05, 0.1) is 33.4 Å². The summed E-state index contributed by atoms with van der Waals surface area (Å²) in [5.41, 5.74) is 10.9. The molecule has 9 aromatic rings. The predicted molar refractivity (Wildman–Crippen MR) is 198 cm³/mol. The van der Waals surface area contributed by atoms with Gasteiger partial charge in [-0.25, -0.2) is 4.98 Å². The second-order valence-electron chi connectivity index (χ2n) is 13.9. The summed E-state index contributed by atoms with van der Waals surface area (Å²) in [5.74, 6) is 1.03. The van der Waals surface area contributed by atoms with Gasteiger partial charge in [-0.1, -0.05) is 99.6 Å². The van der Waals surface area contributed by atoms with E-state index < -0.39 is 0 Å². The topological polar surface area (TPSA) is 63.6 Å². The molecule has 0 aliphatic carbocycles. The fourth-order valence-corrected chi connectivity index (χ4v) is 7.07. The van der Waals surface area contributed by atoms with Crippen molar-refractivity contribution in [3.8, 4) is 23.3 Å². The number of aromatic nitrogens is 4. The van der Waals surface area contributed by atoms with E-state index in [0.717, 1.165) is 61.8 Å². The number of rotatable bonds is 5. The number of hydrogen-bond donors (Lipinski definition) is 0. The molecule has 6 heteroatoms. The molecular formula is C44H33N5O. The summed E-state index contributed by atoms with van der Waals surface area (Å²) in [5, 5.41) is 12.5. The highest BCUT2D eigenvalue weighted by atomic mass is 16.3. The second-order valence-corrected chi connectivity index (χ2v) is 13.9. The smallest absolute Gasteiger partial charge is 0.269 e. The highest BCUT2D eigenvalue weighted by molar-refractivity contribution is 6.09. The summed E-state index contributed by atoms with van der Waals surface area (Å²) in [6.07, 6.45) is 6.21. The van der Waals surface area contributed by atoms with Gasteiger partial charge in [-0.2, -0.15) is 5.26 Å². The molecule has 0 spiro atoms. The van der Waals surface area contributed by atoms with Crippen LogP contribution in [0.5, 0.6) is 0 Å². The molecule has 9 rings (SSSR count). The Morgan fingerprint density at radius 1 is 0.760 bits per heavy atom. The summed E-state index contributed by atoms with van der Waals surface area (Å²) < 4.78 is 12.3. The molecule has 0 unspecified atom stereocenters. The van der Waals surface area contributed by atoms with Crippen molar-refractivity contribution in [3.63, 3.8) is 0 Å². The first-order chi connectivity index (χ1) is 24.3. The number of pyridine rings is 1.